The summed E-state index contributed by atoms with van der Waals surface area (Å²) in [4.78, 5) is 22.6. The molecule has 1 saturated carbocycles. The Balaban J connectivity index is 2.35. The van der Waals surface area contributed by atoms with Crippen LogP contribution in [0.5, 0.6) is 0 Å². The van der Waals surface area contributed by atoms with Crippen molar-refractivity contribution in [2.75, 3.05) is 0 Å². The molecule has 5 heteroatoms. The number of carbonyl (C=O) groups excluding carboxylic acids is 1. The summed E-state index contributed by atoms with van der Waals surface area (Å²) >= 11 is 0. The predicted molar refractivity (Wildman–Crippen MR) is 102 cm³/mol. The molecule has 5 nitrogen and oxygen atoms in total. The van der Waals surface area contributed by atoms with Gasteiger partial charge in [-0.1, -0.05) is 57.6 Å². The molecule has 4 atom stereocenters. The molecule has 3 N–H and O–H groups in total. The fourth-order valence-corrected chi connectivity index (χ4v) is 3.73. The predicted octanol–water partition coefficient (Wildman–Crippen LogP) is 3.87. The van der Waals surface area contributed by atoms with Crippen molar-refractivity contribution < 1.29 is 24.9 Å². The maximum atomic E-state index is 12.2. The molecule has 0 radical (unpaired) electrons. The Labute approximate surface area is 157 Å². The molecule has 0 aromatic heterocycles. The van der Waals surface area contributed by atoms with E-state index in [4.69, 9.17) is 5.11 Å². The first kappa shape index (κ1) is 22.8. The van der Waals surface area contributed by atoms with Crippen LogP contribution < -0.4 is 0 Å². The Morgan fingerprint density at radius 2 is 1.92 bits per heavy atom. The van der Waals surface area contributed by atoms with Gasteiger partial charge < -0.3 is 15.3 Å². The van der Waals surface area contributed by atoms with Gasteiger partial charge >= 0.3 is 5.97 Å². The third-order valence-corrected chi connectivity index (χ3v) is 5.30. The number of carboxylic acid groups (broad SMARTS) is 1. The standard InChI is InChI=1S/C21H36O5/c1-2-3-6-10-16(22)11-9-13-18-17(19(23)15-20(18)24)12-7-4-5-8-14-21(25)26/h9,13,16-18,20,22,24H,2-8,10-12,14-15H2,1H3,(H,25,26)/t16-,17+,18+,20+/m0/s1. The van der Waals surface area contributed by atoms with Gasteiger partial charge in [0.2, 0.25) is 0 Å². The van der Waals surface area contributed by atoms with Gasteiger partial charge in [-0.25, -0.2) is 0 Å². The number of hydrogen-bond donors (Lipinski definition) is 3. The van der Waals surface area contributed by atoms with Crippen molar-refractivity contribution in [3.8, 4) is 0 Å². The van der Waals surface area contributed by atoms with Crippen molar-refractivity contribution in [1.82, 2.24) is 0 Å². The summed E-state index contributed by atoms with van der Waals surface area (Å²) in [5.74, 6) is -0.926. The fraction of sp³-hybridized carbons (Fsp3) is 0.810. The molecule has 1 aliphatic carbocycles. The summed E-state index contributed by atoms with van der Waals surface area (Å²) in [6.07, 6.45) is 12.0. The SMILES string of the molecule is CCCCC[C@H](O)CC=C[C@H]1[C@H](O)CC(=O)[C@@H]1CCCCCCC(=O)O. The lowest BCUT2D eigenvalue weighted by Crippen LogP contribution is -2.18. The van der Waals surface area contributed by atoms with E-state index in [1.165, 1.54) is 0 Å². The molecule has 0 heterocycles. The van der Waals surface area contributed by atoms with Gasteiger partial charge in [0.15, 0.2) is 0 Å². The zero-order valence-corrected chi connectivity index (χ0v) is 16.1. The van der Waals surface area contributed by atoms with Gasteiger partial charge in [0, 0.05) is 24.7 Å². The van der Waals surface area contributed by atoms with Gasteiger partial charge in [-0.05, 0) is 25.7 Å². The second-order valence-electron chi connectivity index (χ2n) is 7.58. The number of aliphatic hydroxyl groups excluding tert-OH is 2. The number of Topliss-reactive ketones (excluding diaryl/α,β-unsaturated/α-hetero) is 1. The molecule has 0 bridgehead atoms. The van der Waals surface area contributed by atoms with Crippen molar-refractivity contribution in [2.45, 2.75) is 96.2 Å². The lowest BCUT2D eigenvalue weighted by molar-refractivity contribution is -0.137. The van der Waals surface area contributed by atoms with Crippen LogP contribution >= 0.6 is 0 Å². The third kappa shape index (κ3) is 8.95. The van der Waals surface area contributed by atoms with E-state index in [1.54, 1.807) is 0 Å². The number of unbranched alkanes of at least 4 members (excludes halogenated alkanes) is 5. The highest BCUT2D eigenvalue weighted by Crippen LogP contribution is 2.34. The second kappa shape index (κ2) is 13.0. The molecule has 0 aromatic carbocycles. The average molecular weight is 369 g/mol. The zero-order valence-electron chi connectivity index (χ0n) is 16.1. The minimum atomic E-state index is -0.763. The Morgan fingerprint density at radius 3 is 2.62 bits per heavy atom. The number of carbonyl (C=O) groups is 2. The zero-order chi connectivity index (χ0) is 19.4. The molecule has 0 aliphatic heterocycles. The number of hydrogen-bond acceptors (Lipinski definition) is 4. The first-order valence-corrected chi connectivity index (χ1v) is 10.2. The van der Waals surface area contributed by atoms with Crippen molar-refractivity contribution in [1.29, 1.82) is 0 Å². The van der Waals surface area contributed by atoms with Crippen LogP contribution in [-0.2, 0) is 9.59 Å². The van der Waals surface area contributed by atoms with Crippen molar-refractivity contribution >= 4 is 11.8 Å². The van der Waals surface area contributed by atoms with E-state index < -0.39 is 12.1 Å². The summed E-state index contributed by atoms with van der Waals surface area (Å²) in [7, 11) is 0. The van der Waals surface area contributed by atoms with Crippen LogP contribution in [0.1, 0.15) is 84.0 Å². The monoisotopic (exact) mass is 368 g/mol. The molecule has 0 saturated heterocycles. The van der Waals surface area contributed by atoms with E-state index in [0.717, 1.165) is 51.4 Å². The molecule has 1 rings (SSSR count). The third-order valence-electron chi connectivity index (χ3n) is 5.30. The number of rotatable bonds is 14. The quantitative estimate of drug-likeness (QED) is 0.320. The first-order chi connectivity index (χ1) is 12.5. The van der Waals surface area contributed by atoms with E-state index in [-0.39, 0.29) is 36.6 Å². The molecule has 0 unspecified atom stereocenters. The van der Waals surface area contributed by atoms with Crippen LogP contribution in [0.3, 0.4) is 0 Å². The minimum absolute atomic E-state index is 0.126. The maximum absolute atomic E-state index is 12.2. The summed E-state index contributed by atoms with van der Waals surface area (Å²) in [6.45, 7) is 2.14. The van der Waals surface area contributed by atoms with E-state index in [9.17, 15) is 19.8 Å². The van der Waals surface area contributed by atoms with Crippen LogP contribution in [0.4, 0.5) is 0 Å². The molecule has 150 valence electrons. The van der Waals surface area contributed by atoms with Crippen LogP contribution in [0.25, 0.3) is 0 Å². The molecule has 0 spiro atoms. The number of aliphatic carboxylic acids is 1. The van der Waals surface area contributed by atoms with Crippen molar-refractivity contribution in [3.63, 3.8) is 0 Å². The summed E-state index contributed by atoms with van der Waals surface area (Å²) in [6, 6.07) is 0. The number of ketones is 1. The van der Waals surface area contributed by atoms with Gasteiger partial charge in [-0.15, -0.1) is 0 Å². The molecular weight excluding hydrogens is 332 g/mol. The Morgan fingerprint density at radius 1 is 1.19 bits per heavy atom. The number of aliphatic hydroxyl groups is 2. The highest BCUT2D eigenvalue weighted by molar-refractivity contribution is 5.84. The molecule has 26 heavy (non-hydrogen) atoms. The van der Waals surface area contributed by atoms with Crippen LogP contribution in [0.15, 0.2) is 12.2 Å². The average Bonchev–Trinajstić information content (AvgIpc) is 2.84. The smallest absolute Gasteiger partial charge is 0.303 e. The molecular formula is C21H36O5. The summed E-state index contributed by atoms with van der Waals surface area (Å²) < 4.78 is 0. The lowest BCUT2D eigenvalue weighted by atomic mass is 9.88. The lowest BCUT2D eigenvalue weighted by Gasteiger charge is -2.17. The Hall–Kier alpha value is -1.20. The van der Waals surface area contributed by atoms with Gasteiger partial charge in [-0.3, -0.25) is 9.59 Å². The highest BCUT2D eigenvalue weighted by Gasteiger charge is 2.39. The van der Waals surface area contributed by atoms with Crippen molar-refractivity contribution in [2.24, 2.45) is 11.8 Å². The molecule has 1 fully saturated rings. The van der Waals surface area contributed by atoms with Gasteiger partial charge in [0.25, 0.3) is 0 Å². The minimum Gasteiger partial charge on any atom is -0.481 e. The Kier molecular flexibility index (Phi) is 11.5. The Bertz CT molecular complexity index is 446. The first-order valence-electron chi connectivity index (χ1n) is 10.2. The topological polar surface area (TPSA) is 94.8 Å². The second-order valence-corrected chi connectivity index (χ2v) is 7.58. The number of carboxylic acids is 1. The van der Waals surface area contributed by atoms with Crippen LogP contribution in [0.2, 0.25) is 0 Å². The molecule has 0 aromatic rings. The van der Waals surface area contributed by atoms with Gasteiger partial charge in [-0.2, -0.15) is 0 Å². The summed E-state index contributed by atoms with van der Waals surface area (Å²) in [5, 5.41) is 28.8. The largest absolute Gasteiger partial charge is 0.481 e. The van der Waals surface area contributed by atoms with E-state index in [2.05, 4.69) is 6.92 Å². The van der Waals surface area contributed by atoms with E-state index >= 15 is 0 Å². The maximum Gasteiger partial charge on any atom is 0.303 e. The van der Waals surface area contributed by atoms with Crippen LogP contribution in [0, 0.1) is 11.8 Å². The van der Waals surface area contributed by atoms with E-state index in [1.807, 2.05) is 12.2 Å². The van der Waals surface area contributed by atoms with E-state index in [0.29, 0.717) is 12.8 Å². The van der Waals surface area contributed by atoms with Crippen molar-refractivity contribution in [3.05, 3.63) is 12.2 Å². The summed E-state index contributed by atoms with van der Waals surface area (Å²) in [5.41, 5.74) is 0. The normalized spacial score (nSPS) is 24.4. The molecule has 0 amide bonds. The highest BCUT2D eigenvalue weighted by atomic mass is 16.4. The molecule has 1 aliphatic rings. The van der Waals surface area contributed by atoms with Crippen LogP contribution in [-0.4, -0.2) is 39.3 Å². The van der Waals surface area contributed by atoms with Gasteiger partial charge in [0.1, 0.15) is 5.78 Å². The van der Waals surface area contributed by atoms with Gasteiger partial charge in [0.05, 0.1) is 12.2 Å². The fourth-order valence-electron chi connectivity index (χ4n) is 3.73.